The van der Waals surface area contributed by atoms with Crippen molar-refractivity contribution in [2.24, 2.45) is 5.92 Å². The first-order valence-corrected chi connectivity index (χ1v) is 6.40. The molecule has 0 atom stereocenters. The minimum absolute atomic E-state index is 0.517. The quantitative estimate of drug-likeness (QED) is 0.687. The minimum atomic E-state index is 0.517. The molecule has 0 amide bonds. The second-order valence-electron chi connectivity index (χ2n) is 4.88. The summed E-state index contributed by atoms with van der Waals surface area (Å²) in [5.41, 5.74) is 1.49. The lowest BCUT2D eigenvalue weighted by Crippen LogP contribution is -2.23. The van der Waals surface area contributed by atoms with Gasteiger partial charge >= 0.3 is 0 Å². The molecule has 96 valence electrons. The van der Waals surface area contributed by atoms with Crippen LogP contribution in [0.1, 0.15) is 24.1 Å². The van der Waals surface area contributed by atoms with Crippen molar-refractivity contribution in [3.05, 3.63) is 29.6 Å². The van der Waals surface area contributed by atoms with Gasteiger partial charge in [0.05, 0.1) is 6.61 Å². The van der Waals surface area contributed by atoms with Crippen LogP contribution in [0.4, 0.5) is 0 Å². The molecule has 4 heteroatoms. The van der Waals surface area contributed by atoms with Gasteiger partial charge < -0.3 is 4.74 Å². The molecule has 2 rings (SSSR count). The number of hydrogen-bond acceptors (Lipinski definition) is 4. The van der Waals surface area contributed by atoms with Crippen LogP contribution in [0.2, 0.25) is 0 Å². The Morgan fingerprint density at radius 2 is 2.39 bits per heavy atom. The molecule has 1 aliphatic carbocycles. The Hall–Kier alpha value is -1.44. The number of rotatable bonds is 7. The van der Waals surface area contributed by atoms with Gasteiger partial charge in [0.15, 0.2) is 0 Å². The van der Waals surface area contributed by atoms with Crippen LogP contribution in [0.3, 0.4) is 0 Å². The van der Waals surface area contributed by atoms with E-state index in [0.717, 1.165) is 37.8 Å². The van der Waals surface area contributed by atoms with Crippen molar-refractivity contribution in [3.8, 4) is 6.07 Å². The highest BCUT2D eigenvalue weighted by molar-refractivity contribution is 5.30. The van der Waals surface area contributed by atoms with E-state index in [1.54, 1.807) is 6.20 Å². The van der Waals surface area contributed by atoms with Crippen LogP contribution in [-0.2, 0) is 11.3 Å². The van der Waals surface area contributed by atoms with Crippen LogP contribution in [-0.4, -0.2) is 36.7 Å². The van der Waals surface area contributed by atoms with E-state index in [0.29, 0.717) is 5.69 Å². The zero-order valence-electron chi connectivity index (χ0n) is 10.8. The molecule has 0 spiro atoms. The zero-order valence-corrected chi connectivity index (χ0v) is 10.8. The topological polar surface area (TPSA) is 49.1 Å². The van der Waals surface area contributed by atoms with Gasteiger partial charge in [-0.05, 0) is 31.9 Å². The Bertz CT molecular complexity index is 423. The molecule has 1 aliphatic rings. The maximum absolute atomic E-state index is 8.96. The molecule has 1 saturated carbocycles. The first-order valence-electron chi connectivity index (χ1n) is 6.40. The van der Waals surface area contributed by atoms with Crippen molar-refractivity contribution < 1.29 is 4.74 Å². The largest absolute Gasteiger partial charge is 0.380 e. The molecule has 0 radical (unpaired) electrons. The summed E-state index contributed by atoms with van der Waals surface area (Å²) in [7, 11) is 2.04. The fraction of sp³-hybridized carbons (Fsp3) is 0.571. The lowest BCUT2D eigenvalue weighted by molar-refractivity contribution is 0.102. The third kappa shape index (κ3) is 4.10. The van der Waals surface area contributed by atoms with Crippen LogP contribution in [0.15, 0.2) is 18.3 Å². The van der Waals surface area contributed by atoms with Gasteiger partial charge in [-0.15, -0.1) is 0 Å². The van der Waals surface area contributed by atoms with Gasteiger partial charge in [-0.25, -0.2) is 4.98 Å². The average molecular weight is 245 g/mol. The maximum atomic E-state index is 8.96. The van der Waals surface area contributed by atoms with Gasteiger partial charge in [0.1, 0.15) is 11.8 Å². The molecule has 4 nitrogen and oxygen atoms in total. The summed E-state index contributed by atoms with van der Waals surface area (Å²) < 4.78 is 5.60. The van der Waals surface area contributed by atoms with Crippen LogP contribution in [0.25, 0.3) is 0 Å². The lowest BCUT2D eigenvalue weighted by atomic mass is 10.2. The van der Waals surface area contributed by atoms with Gasteiger partial charge in [0.25, 0.3) is 0 Å². The van der Waals surface area contributed by atoms with Gasteiger partial charge in [0, 0.05) is 31.5 Å². The van der Waals surface area contributed by atoms with E-state index in [1.165, 1.54) is 12.8 Å². The number of aromatic nitrogens is 1. The monoisotopic (exact) mass is 245 g/mol. The summed E-state index contributed by atoms with van der Waals surface area (Å²) in [4.78, 5) is 6.22. The fourth-order valence-electron chi connectivity index (χ4n) is 1.79. The highest BCUT2D eigenvalue weighted by Crippen LogP contribution is 2.28. The molecule has 0 unspecified atom stereocenters. The number of pyridine rings is 1. The van der Waals surface area contributed by atoms with Crippen molar-refractivity contribution in [1.29, 1.82) is 5.26 Å². The van der Waals surface area contributed by atoms with Gasteiger partial charge in [-0.2, -0.15) is 5.26 Å². The molecule has 18 heavy (non-hydrogen) atoms. The van der Waals surface area contributed by atoms with Crippen LogP contribution in [0, 0.1) is 17.2 Å². The smallest absolute Gasteiger partial charge is 0.144 e. The highest BCUT2D eigenvalue weighted by Gasteiger charge is 2.20. The molecular weight excluding hydrogens is 226 g/mol. The number of hydrogen-bond donors (Lipinski definition) is 0. The molecule has 1 aromatic rings. The van der Waals surface area contributed by atoms with Crippen molar-refractivity contribution in [3.63, 3.8) is 0 Å². The van der Waals surface area contributed by atoms with Crippen molar-refractivity contribution in [1.82, 2.24) is 9.88 Å². The standard InChI is InChI=1S/C14H19N3O/c1-17(7-8-18-11-12-4-5-12)10-13-3-2-6-16-14(13)9-15/h2-3,6,12H,4-5,7-8,10-11H2,1H3. The number of nitrogens with zero attached hydrogens (tertiary/aromatic N) is 3. The predicted molar refractivity (Wildman–Crippen MR) is 68.8 cm³/mol. The molecule has 1 fully saturated rings. The van der Waals surface area contributed by atoms with Gasteiger partial charge in [0.2, 0.25) is 0 Å². The molecule has 1 aromatic heterocycles. The lowest BCUT2D eigenvalue weighted by Gasteiger charge is -2.17. The van der Waals surface area contributed by atoms with Crippen LogP contribution in [0.5, 0.6) is 0 Å². The van der Waals surface area contributed by atoms with Gasteiger partial charge in [-0.1, -0.05) is 6.07 Å². The predicted octanol–water partition coefficient (Wildman–Crippen LogP) is 1.81. The highest BCUT2D eigenvalue weighted by atomic mass is 16.5. The average Bonchev–Trinajstić information content (AvgIpc) is 3.19. The van der Waals surface area contributed by atoms with E-state index >= 15 is 0 Å². The number of nitriles is 1. The van der Waals surface area contributed by atoms with Crippen molar-refractivity contribution in [2.45, 2.75) is 19.4 Å². The summed E-state index contributed by atoms with van der Waals surface area (Å²) >= 11 is 0. The molecule has 0 N–H and O–H groups in total. The third-order valence-electron chi connectivity index (χ3n) is 3.11. The Morgan fingerprint density at radius 1 is 1.56 bits per heavy atom. The van der Waals surface area contributed by atoms with E-state index in [1.807, 2.05) is 19.2 Å². The molecule has 0 aliphatic heterocycles. The Morgan fingerprint density at radius 3 is 3.11 bits per heavy atom. The zero-order chi connectivity index (χ0) is 12.8. The summed E-state index contributed by atoms with van der Waals surface area (Å²) in [6, 6.07) is 5.94. The molecular formula is C14H19N3O. The summed E-state index contributed by atoms with van der Waals surface area (Å²) in [5.74, 6) is 0.818. The maximum Gasteiger partial charge on any atom is 0.144 e. The van der Waals surface area contributed by atoms with E-state index in [4.69, 9.17) is 10.00 Å². The molecule has 1 heterocycles. The number of ether oxygens (including phenoxy) is 1. The van der Waals surface area contributed by atoms with Gasteiger partial charge in [-0.3, -0.25) is 4.90 Å². The van der Waals surface area contributed by atoms with Crippen LogP contribution >= 0.6 is 0 Å². The molecule has 0 bridgehead atoms. The Balaban J connectivity index is 1.72. The van der Waals surface area contributed by atoms with E-state index < -0.39 is 0 Å². The third-order valence-corrected chi connectivity index (χ3v) is 3.11. The van der Waals surface area contributed by atoms with Crippen molar-refractivity contribution >= 4 is 0 Å². The van der Waals surface area contributed by atoms with E-state index in [-0.39, 0.29) is 0 Å². The molecule has 0 aromatic carbocycles. The normalized spacial score (nSPS) is 14.7. The molecule has 0 saturated heterocycles. The summed E-state index contributed by atoms with van der Waals surface area (Å²) in [6.45, 7) is 3.29. The summed E-state index contributed by atoms with van der Waals surface area (Å²) in [6.07, 6.45) is 4.31. The van der Waals surface area contributed by atoms with Crippen LogP contribution < -0.4 is 0 Å². The Kier molecular flexibility index (Phi) is 4.68. The minimum Gasteiger partial charge on any atom is -0.380 e. The first-order chi connectivity index (χ1) is 8.79. The second-order valence-corrected chi connectivity index (χ2v) is 4.88. The van der Waals surface area contributed by atoms with E-state index in [9.17, 15) is 0 Å². The second kappa shape index (κ2) is 6.48. The number of likely N-dealkylation sites (N-methyl/N-ethyl adjacent to an activating group) is 1. The van der Waals surface area contributed by atoms with Crippen molar-refractivity contribution in [2.75, 3.05) is 26.8 Å². The SMILES string of the molecule is CN(CCOCC1CC1)Cc1cccnc1C#N. The van der Waals surface area contributed by atoms with E-state index in [2.05, 4.69) is 16.0 Å². The summed E-state index contributed by atoms with van der Waals surface area (Å²) in [5, 5.41) is 8.96. The fourth-order valence-corrected chi connectivity index (χ4v) is 1.79. The first kappa shape index (κ1) is 13.0. The Labute approximate surface area is 108 Å².